The third-order valence-corrected chi connectivity index (χ3v) is 8.45. The number of carbonyl (C=O) groups is 1. The highest BCUT2D eigenvalue weighted by atomic mass is 35.5. The van der Waals surface area contributed by atoms with Crippen molar-refractivity contribution in [3.63, 3.8) is 0 Å². The summed E-state index contributed by atoms with van der Waals surface area (Å²) in [6, 6.07) is 9.75. The first-order valence-corrected chi connectivity index (χ1v) is 13.7. The molecule has 0 radical (unpaired) electrons. The van der Waals surface area contributed by atoms with Crippen molar-refractivity contribution in [2.45, 2.75) is 33.7 Å². The summed E-state index contributed by atoms with van der Waals surface area (Å²) in [5.74, 6) is -0.954. The number of thiazole rings is 1. The van der Waals surface area contributed by atoms with Gasteiger partial charge in [0.05, 0.1) is 27.4 Å². The monoisotopic (exact) mass is 555 g/mol. The van der Waals surface area contributed by atoms with E-state index < -0.39 is 17.8 Å². The summed E-state index contributed by atoms with van der Waals surface area (Å²) >= 11 is 8.77. The number of halogens is 2. The molecule has 10 heteroatoms. The lowest BCUT2D eigenvalue weighted by Gasteiger charge is -2.23. The van der Waals surface area contributed by atoms with Gasteiger partial charge in [0, 0.05) is 22.0 Å². The summed E-state index contributed by atoms with van der Waals surface area (Å²) < 4.78 is 23.1. The minimum Gasteiger partial charge on any atom is -0.463 e. The van der Waals surface area contributed by atoms with Crippen LogP contribution in [0.3, 0.4) is 0 Å². The minimum absolute atomic E-state index is 0.0428. The Kier molecular flexibility index (Phi) is 6.78. The van der Waals surface area contributed by atoms with E-state index in [1.54, 1.807) is 30.5 Å². The lowest BCUT2D eigenvalue weighted by atomic mass is 10.0. The van der Waals surface area contributed by atoms with E-state index in [1.165, 1.54) is 28.7 Å². The van der Waals surface area contributed by atoms with Crippen LogP contribution in [0.15, 0.2) is 62.8 Å². The number of rotatable bonds is 5. The molecule has 0 amide bonds. The minimum atomic E-state index is -0.605. The number of allylic oxidation sites excluding steroid dienone is 1. The quantitative estimate of drug-likeness (QED) is 0.323. The van der Waals surface area contributed by atoms with Gasteiger partial charge < -0.3 is 9.30 Å². The first-order chi connectivity index (χ1) is 17.7. The van der Waals surface area contributed by atoms with Crippen molar-refractivity contribution in [2.75, 3.05) is 6.61 Å². The van der Waals surface area contributed by atoms with Crippen LogP contribution in [0.2, 0.25) is 5.02 Å². The molecule has 0 bridgehead atoms. The normalized spacial score (nSPS) is 15.6. The topological polar surface area (TPSA) is 65.6 Å². The zero-order chi connectivity index (χ0) is 26.4. The van der Waals surface area contributed by atoms with Crippen molar-refractivity contribution in [2.24, 2.45) is 4.99 Å². The number of benzene rings is 1. The Balaban J connectivity index is 1.67. The van der Waals surface area contributed by atoms with Crippen LogP contribution >= 0.6 is 34.3 Å². The van der Waals surface area contributed by atoms with Gasteiger partial charge >= 0.3 is 5.97 Å². The highest BCUT2D eigenvalue weighted by Crippen LogP contribution is 2.33. The number of aryl methyl sites for hydroxylation is 1. The molecule has 1 aliphatic rings. The predicted molar refractivity (Wildman–Crippen MR) is 145 cm³/mol. The second-order valence-electron chi connectivity index (χ2n) is 8.58. The van der Waals surface area contributed by atoms with Crippen molar-refractivity contribution in [3.05, 3.63) is 105 Å². The first kappa shape index (κ1) is 25.4. The lowest BCUT2D eigenvalue weighted by molar-refractivity contribution is -0.139. The molecule has 1 unspecified atom stereocenters. The molecule has 4 aromatic rings. The molecule has 0 N–H and O–H groups in total. The van der Waals surface area contributed by atoms with E-state index in [9.17, 15) is 14.0 Å². The number of fused-ring (bicyclic) bond motifs is 1. The molecule has 190 valence electrons. The number of nitrogens with zero attached hydrogens (tertiary/aromatic N) is 3. The van der Waals surface area contributed by atoms with Gasteiger partial charge in [-0.2, -0.15) is 0 Å². The van der Waals surface area contributed by atoms with Gasteiger partial charge in [-0.15, -0.1) is 11.3 Å². The molecule has 1 atom stereocenters. The summed E-state index contributed by atoms with van der Waals surface area (Å²) in [6.07, 6.45) is 1.84. The van der Waals surface area contributed by atoms with E-state index >= 15 is 0 Å². The highest BCUT2D eigenvalue weighted by Gasteiger charge is 2.33. The first-order valence-electron chi connectivity index (χ1n) is 11.6. The zero-order valence-corrected chi connectivity index (χ0v) is 22.9. The maximum Gasteiger partial charge on any atom is 0.338 e. The number of aromatic nitrogens is 2. The Morgan fingerprint density at radius 3 is 2.70 bits per heavy atom. The molecule has 4 heterocycles. The predicted octanol–water partition coefficient (Wildman–Crippen LogP) is 5.06. The van der Waals surface area contributed by atoms with Crippen LogP contribution in [-0.4, -0.2) is 21.7 Å². The summed E-state index contributed by atoms with van der Waals surface area (Å²) in [4.78, 5) is 32.7. The summed E-state index contributed by atoms with van der Waals surface area (Å²) in [5, 5.41) is 1.96. The van der Waals surface area contributed by atoms with Crippen LogP contribution in [0.25, 0.3) is 11.8 Å². The third kappa shape index (κ3) is 4.41. The molecule has 1 aromatic carbocycles. The third-order valence-electron chi connectivity index (χ3n) is 6.25. The van der Waals surface area contributed by atoms with E-state index in [4.69, 9.17) is 16.3 Å². The average molecular weight is 556 g/mol. The fourth-order valence-electron chi connectivity index (χ4n) is 4.60. The molecule has 0 spiro atoms. The molecular weight excluding hydrogens is 533 g/mol. The van der Waals surface area contributed by atoms with Gasteiger partial charge in [-0.25, -0.2) is 14.2 Å². The Morgan fingerprint density at radius 1 is 1.24 bits per heavy atom. The number of hydrogen-bond donors (Lipinski definition) is 0. The molecule has 3 aromatic heterocycles. The van der Waals surface area contributed by atoms with Gasteiger partial charge in [0.15, 0.2) is 4.80 Å². The Hall–Kier alpha value is -3.27. The van der Waals surface area contributed by atoms with E-state index in [2.05, 4.69) is 4.99 Å². The fraction of sp³-hybridized carbons (Fsp3) is 0.222. The summed E-state index contributed by atoms with van der Waals surface area (Å²) in [6.45, 7) is 7.62. The maximum atomic E-state index is 13.8. The van der Waals surface area contributed by atoms with Crippen LogP contribution in [0, 0.1) is 19.7 Å². The van der Waals surface area contributed by atoms with E-state index in [0.29, 0.717) is 20.6 Å². The van der Waals surface area contributed by atoms with Gasteiger partial charge in [-0.1, -0.05) is 29.0 Å². The number of ether oxygens (including phenoxy) is 1. The van der Waals surface area contributed by atoms with Crippen molar-refractivity contribution in [1.29, 1.82) is 0 Å². The average Bonchev–Trinajstić information content (AvgIpc) is 3.55. The van der Waals surface area contributed by atoms with Gasteiger partial charge in [0.2, 0.25) is 0 Å². The molecule has 0 fully saturated rings. The Morgan fingerprint density at radius 2 is 2.03 bits per heavy atom. The van der Waals surface area contributed by atoms with Crippen LogP contribution in [0.4, 0.5) is 4.39 Å². The van der Waals surface area contributed by atoms with Gasteiger partial charge in [0.1, 0.15) is 11.9 Å². The highest BCUT2D eigenvalue weighted by molar-refractivity contribution is 7.10. The van der Waals surface area contributed by atoms with Gasteiger partial charge in [0.25, 0.3) is 5.56 Å². The van der Waals surface area contributed by atoms with Crippen LogP contribution in [0.5, 0.6) is 0 Å². The molecule has 37 heavy (non-hydrogen) atoms. The van der Waals surface area contributed by atoms with Crippen molar-refractivity contribution >= 4 is 46.3 Å². The SMILES string of the molecule is CCOC(=O)C1=C(C)N=c2s/c(=C/c3cc(C)n(-c4ccc(F)c(Cl)c4)c3C)c(=O)n2C1c1cccs1. The Bertz CT molecular complexity index is 1750. The zero-order valence-electron chi connectivity index (χ0n) is 20.5. The van der Waals surface area contributed by atoms with Crippen LogP contribution in [-0.2, 0) is 9.53 Å². The second kappa shape index (κ2) is 9.89. The van der Waals surface area contributed by atoms with Crippen LogP contribution < -0.4 is 14.9 Å². The number of carbonyl (C=O) groups excluding carboxylic acids is 1. The number of thiophene rings is 1. The van der Waals surface area contributed by atoms with E-state index in [0.717, 1.165) is 27.5 Å². The molecular formula is C27H23ClFN3O3S2. The van der Waals surface area contributed by atoms with E-state index in [-0.39, 0.29) is 17.2 Å². The van der Waals surface area contributed by atoms with Crippen LogP contribution in [0.1, 0.15) is 41.7 Å². The van der Waals surface area contributed by atoms with Crippen molar-refractivity contribution < 1.29 is 13.9 Å². The molecule has 0 saturated heterocycles. The summed E-state index contributed by atoms with van der Waals surface area (Å²) in [7, 11) is 0. The standard InChI is InChI=1S/C27H23ClFN3O3S2/c1-5-35-26(34)23-15(3)30-27-32(24(23)21-7-6-10-36-21)25(33)22(37-27)12-17-11-14(2)31(16(17)4)18-8-9-20(29)19(28)13-18/h6-13,24H,5H2,1-4H3/b22-12+. The van der Waals surface area contributed by atoms with E-state index in [1.807, 2.05) is 48.1 Å². The lowest BCUT2D eigenvalue weighted by Crippen LogP contribution is -2.39. The second-order valence-corrected chi connectivity index (χ2v) is 11.0. The number of hydrogen-bond acceptors (Lipinski definition) is 6. The van der Waals surface area contributed by atoms with Crippen molar-refractivity contribution in [1.82, 2.24) is 9.13 Å². The van der Waals surface area contributed by atoms with Gasteiger partial charge in [-0.3, -0.25) is 9.36 Å². The summed E-state index contributed by atoms with van der Waals surface area (Å²) in [5.41, 5.74) is 4.05. The molecule has 6 nitrogen and oxygen atoms in total. The largest absolute Gasteiger partial charge is 0.463 e. The van der Waals surface area contributed by atoms with Gasteiger partial charge in [-0.05, 0) is 75.0 Å². The molecule has 0 saturated carbocycles. The smallest absolute Gasteiger partial charge is 0.338 e. The van der Waals surface area contributed by atoms with Crippen molar-refractivity contribution in [3.8, 4) is 5.69 Å². The molecule has 0 aliphatic carbocycles. The number of esters is 1. The maximum absolute atomic E-state index is 13.8. The Labute approximate surface area is 225 Å². The molecule has 5 rings (SSSR count). The fourth-order valence-corrected chi connectivity index (χ4v) is 6.64. The molecule has 1 aliphatic heterocycles.